The highest BCUT2D eigenvalue weighted by Gasteiger charge is 2.16. The van der Waals surface area contributed by atoms with Gasteiger partial charge in [-0.3, -0.25) is 3.97 Å². The monoisotopic (exact) mass is 341 g/mol. The largest absolute Gasteiger partial charge is 0.491 e. The van der Waals surface area contributed by atoms with Crippen molar-refractivity contribution in [3.8, 4) is 5.75 Å². The lowest BCUT2D eigenvalue weighted by atomic mass is 10.2. The Hall–Kier alpha value is -2.11. The summed E-state index contributed by atoms with van der Waals surface area (Å²) >= 11 is 0. The molecule has 24 heavy (non-hydrogen) atoms. The molecule has 0 saturated carbocycles. The molecule has 2 aromatic carbocycles. The Labute approximate surface area is 143 Å². The fourth-order valence-corrected chi connectivity index (χ4v) is 4.06. The summed E-state index contributed by atoms with van der Waals surface area (Å²) in [4.78, 5) is 0.778. The van der Waals surface area contributed by atoms with Gasteiger partial charge in [0.15, 0.2) is 11.0 Å². The van der Waals surface area contributed by atoms with Crippen LogP contribution in [0.2, 0.25) is 0 Å². The van der Waals surface area contributed by atoms with Gasteiger partial charge in [-0.1, -0.05) is 18.2 Å². The first kappa shape index (κ1) is 15.4. The minimum Gasteiger partial charge on any atom is -0.491 e. The zero-order valence-corrected chi connectivity index (χ0v) is 14.1. The Morgan fingerprint density at radius 2 is 2.04 bits per heavy atom. The lowest BCUT2D eigenvalue weighted by Gasteiger charge is -2.12. The van der Waals surface area contributed by atoms with Crippen molar-refractivity contribution in [1.82, 2.24) is 3.97 Å². The van der Waals surface area contributed by atoms with E-state index in [0.717, 1.165) is 41.0 Å². The van der Waals surface area contributed by atoms with Gasteiger partial charge < -0.3 is 9.47 Å². The van der Waals surface area contributed by atoms with E-state index < -0.39 is 11.0 Å². The van der Waals surface area contributed by atoms with Crippen LogP contribution in [0, 0.1) is 0 Å². The minimum absolute atomic E-state index is 0.186. The first-order valence-electron chi connectivity index (χ1n) is 8.14. The number of aromatic nitrogens is 1. The van der Waals surface area contributed by atoms with Crippen LogP contribution in [-0.2, 0) is 15.7 Å². The number of nitrogens with zero attached hydrogens (tertiary/aromatic N) is 1. The van der Waals surface area contributed by atoms with Crippen LogP contribution >= 0.6 is 0 Å². The molecule has 0 aliphatic carbocycles. The molecular formula is C19H19NO3S. The van der Waals surface area contributed by atoms with Gasteiger partial charge in [-0.15, -0.1) is 0 Å². The summed E-state index contributed by atoms with van der Waals surface area (Å²) in [5.41, 5.74) is 0.905. The van der Waals surface area contributed by atoms with Crippen LogP contribution < -0.4 is 4.74 Å². The van der Waals surface area contributed by atoms with Crippen LogP contribution in [0.1, 0.15) is 12.8 Å². The Morgan fingerprint density at radius 1 is 1.17 bits per heavy atom. The smallest absolute Gasteiger partial charge is 0.157 e. The van der Waals surface area contributed by atoms with Gasteiger partial charge in [-0.05, 0) is 43.2 Å². The summed E-state index contributed by atoms with van der Waals surface area (Å²) < 4.78 is 26.1. The minimum atomic E-state index is -1.27. The van der Waals surface area contributed by atoms with E-state index in [2.05, 4.69) is 0 Å². The molecule has 2 heterocycles. The highest BCUT2D eigenvalue weighted by Crippen LogP contribution is 2.25. The van der Waals surface area contributed by atoms with E-state index in [-0.39, 0.29) is 6.10 Å². The van der Waals surface area contributed by atoms with Crippen molar-refractivity contribution in [2.45, 2.75) is 23.8 Å². The van der Waals surface area contributed by atoms with Gasteiger partial charge in [0, 0.05) is 24.3 Å². The topological polar surface area (TPSA) is 40.5 Å². The van der Waals surface area contributed by atoms with Crippen LogP contribution in [0.25, 0.3) is 10.9 Å². The maximum atomic E-state index is 12.8. The average Bonchev–Trinajstić information content (AvgIpc) is 3.29. The molecule has 0 N–H and O–H groups in total. The maximum absolute atomic E-state index is 12.8. The third-order valence-electron chi connectivity index (χ3n) is 4.21. The summed E-state index contributed by atoms with van der Waals surface area (Å²) in [5, 5.41) is 1.05. The lowest BCUT2D eigenvalue weighted by Crippen LogP contribution is -2.16. The van der Waals surface area contributed by atoms with Crippen LogP contribution in [0.4, 0.5) is 0 Å². The average molecular weight is 341 g/mol. The molecule has 5 heteroatoms. The normalized spacial score (nSPS) is 18.8. The van der Waals surface area contributed by atoms with Gasteiger partial charge in [0.2, 0.25) is 0 Å². The molecule has 2 atom stereocenters. The van der Waals surface area contributed by atoms with Crippen LogP contribution in [-0.4, -0.2) is 27.5 Å². The number of benzene rings is 2. The molecule has 0 radical (unpaired) electrons. The second kappa shape index (κ2) is 6.79. The summed E-state index contributed by atoms with van der Waals surface area (Å²) in [7, 11) is -1.27. The molecule has 124 valence electrons. The summed E-state index contributed by atoms with van der Waals surface area (Å²) in [5.74, 6) is 0.781. The Balaban J connectivity index is 1.60. The number of hydrogen-bond donors (Lipinski definition) is 0. The highest BCUT2D eigenvalue weighted by atomic mass is 32.2. The standard InChI is InChI=1S/C19H19NO3S/c21-24(18-6-2-1-3-7-18)20-11-10-15-8-9-16(13-19(15)20)23-14-17-5-4-12-22-17/h1-3,6-11,13,17H,4-5,12,14H2. The van der Waals surface area contributed by atoms with Crippen LogP contribution in [0.3, 0.4) is 0 Å². The fraction of sp³-hybridized carbons (Fsp3) is 0.263. The molecule has 1 saturated heterocycles. The van der Waals surface area contributed by atoms with Crippen molar-refractivity contribution >= 4 is 21.9 Å². The van der Waals surface area contributed by atoms with E-state index in [4.69, 9.17) is 9.47 Å². The van der Waals surface area contributed by atoms with Crippen molar-refractivity contribution in [2.24, 2.45) is 0 Å². The summed E-state index contributed by atoms with van der Waals surface area (Å²) in [6.45, 7) is 1.39. The molecule has 0 amide bonds. The predicted molar refractivity (Wildman–Crippen MR) is 94.7 cm³/mol. The second-order valence-electron chi connectivity index (χ2n) is 5.87. The third-order valence-corrected chi connectivity index (χ3v) is 5.56. The van der Waals surface area contributed by atoms with Crippen LogP contribution in [0.15, 0.2) is 65.7 Å². The first-order chi connectivity index (χ1) is 11.8. The molecule has 4 rings (SSSR count). The quantitative estimate of drug-likeness (QED) is 0.709. The van der Waals surface area contributed by atoms with Gasteiger partial charge in [-0.25, -0.2) is 4.21 Å². The van der Waals surface area contributed by atoms with E-state index in [9.17, 15) is 4.21 Å². The Bertz CT molecular complexity index is 853. The zero-order valence-electron chi connectivity index (χ0n) is 13.3. The van der Waals surface area contributed by atoms with Crippen molar-refractivity contribution in [1.29, 1.82) is 0 Å². The highest BCUT2D eigenvalue weighted by molar-refractivity contribution is 7.83. The number of ether oxygens (including phenoxy) is 2. The summed E-state index contributed by atoms with van der Waals surface area (Å²) in [6.07, 6.45) is 4.20. The van der Waals surface area contributed by atoms with Gasteiger partial charge in [0.05, 0.1) is 16.5 Å². The molecule has 0 bridgehead atoms. The van der Waals surface area contributed by atoms with Crippen molar-refractivity contribution in [2.75, 3.05) is 13.2 Å². The second-order valence-corrected chi connectivity index (χ2v) is 7.23. The molecule has 3 aromatic rings. The molecule has 1 aromatic heterocycles. The van der Waals surface area contributed by atoms with E-state index in [1.54, 1.807) is 3.97 Å². The van der Waals surface area contributed by atoms with E-state index in [1.165, 1.54) is 0 Å². The fourth-order valence-electron chi connectivity index (χ4n) is 2.93. The molecule has 1 fully saturated rings. The number of rotatable bonds is 5. The van der Waals surface area contributed by atoms with E-state index in [1.807, 2.05) is 60.8 Å². The van der Waals surface area contributed by atoms with E-state index >= 15 is 0 Å². The number of hydrogen-bond acceptors (Lipinski definition) is 3. The Kier molecular flexibility index (Phi) is 4.36. The van der Waals surface area contributed by atoms with Crippen molar-refractivity contribution in [3.63, 3.8) is 0 Å². The molecule has 1 aliphatic heterocycles. The molecule has 0 spiro atoms. The first-order valence-corrected chi connectivity index (χ1v) is 9.25. The van der Waals surface area contributed by atoms with Crippen molar-refractivity contribution < 1.29 is 13.7 Å². The van der Waals surface area contributed by atoms with Crippen LogP contribution in [0.5, 0.6) is 5.75 Å². The predicted octanol–water partition coefficient (Wildman–Crippen LogP) is 3.77. The van der Waals surface area contributed by atoms with E-state index in [0.29, 0.717) is 6.61 Å². The molecular weight excluding hydrogens is 322 g/mol. The summed E-state index contributed by atoms with van der Waals surface area (Å²) in [6, 6.07) is 17.3. The third kappa shape index (κ3) is 3.09. The maximum Gasteiger partial charge on any atom is 0.157 e. The number of fused-ring (bicyclic) bond motifs is 1. The Morgan fingerprint density at radius 3 is 2.83 bits per heavy atom. The van der Waals surface area contributed by atoms with Gasteiger partial charge in [0.25, 0.3) is 0 Å². The zero-order chi connectivity index (χ0) is 16.4. The SMILES string of the molecule is O=S(c1ccccc1)n1ccc2ccc(OCC3CCCO3)cc21. The molecule has 4 nitrogen and oxygen atoms in total. The molecule has 2 unspecified atom stereocenters. The van der Waals surface area contributed by atoms with Gasteiger partial charge in [0.1, 0.15) is 12.4 Å². The lowest BCUT2D eigenvalue weighted by molar-refractivity contribution is 0.0680. The van der Waals surface area contributed by atoms with Crippen molar-refractivity contribution in [3.05, 3.63) is 60.8 Å². The molecule has 1 aliphatic rings. The van der Waals surface area contributed by atoms with Gasteiger partial charge in [-0.2, -0.15) is 0 Å². The van der Waals surface area contributed by atoms with Gasteiger partial charge >= 0.3 is 0 Å².